The van der Waals surface area contributed by atoms with Crippen molar-refractivity contribution in [3.8, 4) is 11.9 Å². The summed E-state index contributed by atoms with van der Waals surface area (Å²) in [5.41, 5.74) is 2.17. The Kier molecular flexibility index (Phi) is 5.33. The fraction of sp³-hybridized carbons (Fsp3) is 0.211. The minimum absolute atomic E-state index is 0.00238. The lowest BCUT2D eigenvalue weighted by Gasteiger charge is -2.12. The summed E-state index contributed by atoms with van der Waals surface area (Å²) in [6.45, 7) is 7.38. The summed E-state index contributed by atoms with van der Waals surface area (Å²) in [6.07, 6.45) is 3.91. The minimum atomic E-state index is -0.531. The van der Waals surface area contributed by atoms with Crippen molar-refractivity contribution in [2.75, 3.05) is 0 Å². The van der Waals surface area contributed by atoms with Gasteiger partial charge >= 0.3 is 0 Å². The molecule has 0 fully saturated rings. The van der Waals surface area contributed by atoms with Gasteiger partial charge in [0, 0.05) is 12.8 Å². The van der Waals surface area contributed by atoms with Gasteiger partial charge in [-0.05, 0) is 36.6 Å². The maximum absolute atomic E-state index is 12.2. The summed E-state index contributed by atoms with van der Waals surface area (Å²) in [7, 11) is 0. The molecule has 0 aliphatic carbocycles. The second-order valence-electron chi connectivity index (χ2n) is 5.33. The molecule has 2 rings (SSSR count). The van der Waals surface area contributed by atoms with Crippen molar-refractivity contribution < 1.29 is 5.11 Å². The first-order chi connectivity index (χ1) is 11.5. The van der Waals surface area contributed by atoms with E-state index < -0.39 is 5.56 Å². The lowest BCUT2D eigenvalue weighted by molar-refractivity contribution is 0.414. The van der Waals surface area contributed by atoms with Crippen molar-refractivity contribution in [2.24, 2.45) is 4.99 Å². The average Bonchev–Trinajstić information content (AvgIpc) is 2.59. The number of hydrogen-bond donors (Lipinski definition) is 1. The number of allylic oxidation sites excluding steroid dienone is 1. The van der Waals surface area contributed by atoms with Crippen LogP contribution in [-0.4, -0.2) is 15.9 Å². The molecule has 1 heterocycles. The van der Waals surface area contributed by atoms with Crippen LogP contribution in [0.15, 0.2) is 46.7 Å². The van der Waals surface area contributed by atoms with E-state index in [0.717, 1.165) is 16.7 Å². The van der Waals surface area contributed by atoms with Crippen molar-refractivity contribution >= 4 is 11.9 Å². The molecule has 1 N–H and O–H groups in total. The van der Waals surface area contributed by atoms with Gasteiger partial charge in [-0.1, -0.05) is 25.1 Å². The van der Waals surface area contributed by atoms with E-state index in [0.29, 0.717) is 11.1 Å². The molecule has 122 valence electrons. The summed E-state index contributed by atoms with van der Waals surface area (Å²) in [4.78, 5) is 16.6. The van der Waals surface area contributed by atoms with Gasteiger partial charge in [0.1, 0.15) is 11.6 Å². The number of nitrogens with zero attached hydrogens (tertiary/aromatic N) is 3. The van der Waals surface area contributed by atoms with E-state index >= 15 is 0 Å². The Labute approximate surface area is 140 Å². The number of pyridine rings is 1. The van der Waals surface area contributed by atoms with Crippen molar-refractivity contribution in [2.45, 2.75) is 26.8 Å². The van der Waals surface area contributed by atoms with Gasteiger partial charge in [0.15, 0.2) is 0 Å². The van der Waals surface area contributed by atoms with Gasteiger partial charge in [0.25, 0.3) is 5.56 Å². The molecule has 24 heavy (non-hydrogen) atoms. The third kappa shape index (κ3) is 3.28. The number of nitriles is 1. The van der Waals surface area contributed by atoms with Gasteiger partial charge in [-0.3, -0.25) is 14.4 Å². The number of aliphatic imine (C=N–C) groups is 1. The molecule has 1 aromatic heterocycles. The molecule has 0 spiro atoms. The Morgan fingerprint density at radius 3 is 2.58 bits per heavy atom. The molecule has 5 nitrogen and oxygen atoms in total. The zero-order valence-electron chi connectivity index (χ0n) is 13.8. The zero-order valence-corrected chi connectivity index (χ0v) is 13.8. The van der Waals surface area contributed by atoms with Crippen molar-refractivity contribution in [1.29, 1.82) is 5.26 Å². The highest BCUT2D eigenvalue weighted by Gasteiger charge is 2.17. The Hall–Kier alpha value is -3.13. The Morgan fingerprint density at radius 1 is 1.38 bits per heavy atom. The van der Waals surface area contributed by atoms with Gasteiger partial charge in [-0.25, -0.2) is 0 Å². The number of hydrogen-bond acceptors (Lipinski definition) is 4. The standard InChI is InChI=1S/C19H19N3O2/c1-4-10-22-18(23)16(11-20)13(3)17(19(22)24)12-21-15-8-6-14(5-2)7-9-15/h4,6-9,12,24H,1,5,10H2,2-3H3. The molecule has 0 bridgehead atoms. The van der Waals surface area contributed by atoms with Crippen molar-refractivity contribution in [3.05, 3.63) is 69.5 Å². The predicted octanol–water partition coefficient (Wildman–Crippen LogP) is 3.23. The first kappa shape index (κ1) is 17.2. The first-order valence-electron chi connectivity index (χ1n) is 7.63. The van der Waals surface area contributed by atoms with Crippen LogP contribution in [0.3, 0.4) is 0 Å². The monoisotopic (exact) mass is 321 g/mol. The lowest BCUT2D eigenvalue weighted by atomic mass is 10.1. The highest BCUT2D eigenvalue weighted by atomic mass is 16.3. The molecule has 0 aliphatic rings. The number of benzene rings is 1. The maximum atomic E-state index is 12.2. The van der Waals surface area contributed by atoms with E-state index in [2.05, 4.69) is 18.5 Å². The fourth-order valence-electron chi connectivity index (χ4n) is 2.38. The normalized spacial score (nSPS) is 10.7. The summed E-state index contributed by atoms with van der Waals surface area (Å²) >= 11 is 0. The summed E-state index contributed by atoms with van der Waals surface area (Å²) < 4.78 is 1.11. The molecule has 0 aliphatic heterocycles. The number of rotatable bonds is 5. The van der Waals surface area contributed by atoms with Gasteiger partial charge in [-0.15, -0.1) is 6.58 Å². The summed E-state index contributed by atoms with van der Waals surface area (Å²) in [5, 5.41) is 19.6. The van der Waals surface area contributed by atoms with Crippen LogP contribution in [-0.2, 0) is 13.0 Å². The van der Waals surface area contributed by atoms with Crippen LogP contribution in [0.2, 0.25) is 0 Å². The van der Waals surface area contributed by atoms with Crippen molar-refractivity contribution in [3.63, 3.8) is 0 Å². The number of aryl methyl sites for hydroxylation is 1. The summed E-state index contributed by atoms with van der Waals surface area (Å²) in [6, 6.07) is 9.64. The Bertz CT molecular complexity index is 885. The van der Waals surface area contributed by atoms with Crippen LogP contribution in [0.25, 0.3) is 0 Å². The molecule has 1 aromatic carbocycles. The van der Waals surface area contributed by atoms with Crippen molar-refractivity contribution in [1.82, 2.24) is 4.57 Å². The average molecular weight is 321 g/mol. The van der Waals surface area contributed by atoms with E-state index in [1.54, 1.807) is 6.92 Å². The number of aromatic nitrogens is 1. The van der Waals surface area contributed by atoms with Crippen LogP contribution in [0.4, 0.5) is 5.69 Å². The fourth-order valence-corrected chi connectivity index (χ4v) is 2.38. The third-order valence-electron chi connectivity index (χ3n) is 3.85. The third-order valence-corrected chi connectivity index (χ3v) is 3.85. The van der Waals surface area contributed by atoms with Crippen LogP contribution < -0.4 is 5.56 Å². The molecular weight excluding hydrogens is 302 g/mol. The molecule has 0 amide bonds. The highest BCUT2D eigenvalue weighted by molar-refractivity contribution is 5.87. The molecule has 0 atom stereocenters. The van der Waals surface area contributed by atoms with Crippen LogP contribution in [0, 0.1) is 18.3 Å². The molecule has 0 unspecified atom stereocenters. The molecule has 0 radical (unpaired) electrons. The molecule has 2 aromatic rings. The van der Waals surface area contributed by atoms with E-state index in [9.17, 15) is 15.2 Å². The summed E-state index contributed by atoms with van der Waals surface area (Å²) in [5.74, 6) is -0.217. The van der Waals surface area contributed by atoms with Crippen LogP contribution >= 0.6 is 0 Å². The lowest BCUT2D eigenvalue weighted by Crippen LogP contribution is -2.24. The predicted molar refractivity (Wildman–Crippen MR) is 95.1 cm³/mol. The molecule has 0 saturated heterocycles. The Morgan fingerprint density at radius 2 is 2.04 bits per heavy atom. The molecule has 5 heteroatoms. The molecular formula is C19H19N3O2. The topological polar surface area (TPSA) is 78.4 Å². The minimum Gasteiger partial charge on any atom is -0.494 e. The Balaban J connectivity index is 2.54. The highest BCUT2D eigenvalue weighted by Crippen LogP contribution is 2.21. The van der Waals surface area contributed by atoms with Crippen LogP contribution in [0.5, 0.6) is 5.88 Å². The van der Waals surface area contributed by atoms with Gasteiger partial charge in [-0.2, -0.15) is 5.26 Å². The zero-order chi connectivity index (χ0) is 17.7. The largest absolute Gasteiger partial charge is 0.494 e. The van der Waals surface area contributed by atoms with Gasteiger partial charge in [0.05, 0.1) is 11.3 Å². The van der Waals surface area contributed by atoms with Gasteiger partial charge < -0.3 is 5.11 Å². The second-order valence-corrected chi connectivity index (χ2v) is 5.33. The van der Waals surface area contributed by atoms with Gasteiger partial charge in [0.2, 0.25) is 5.88 Å². The van der Waals surface area contributed by atoms with E-state index in [1.165, 1.54) is 17.9 Å². The van der Waals surface area contributed by atoms with E-state index in [4.69, 9.17) is 0 Å². The maximum Gasteiger partial charge on any atom is 0.271 e. The van der Waals surface area contributed by atoms with E-state index in [1.807, 2.05) is 30.3 Å². The molecule has 0 saturated carbocycles. The van der Waals surface area contributed by atoms with Crippen LogP contribution in [0.1, 0.15) is 29.2 Å². The quantitative estimate of drug-likeness (QED) is 0.678. The number of aromatic hydroxyl groups is 1. The smallest absolute Gasteiger partial charge is 0.271 e. The second kappa shape index (κ2) is 7.42. The van der Waals surface area contributed by atoms with E-state index in [-0.39, 0.29) is 18.0 Å². The first-order valence-corrected chi connectivity index (χ1v) is 7.63. The SMILES string of the molecule is C=CCn1c(O)c(C=Nc2ccc(CC)cc2)c(C)c(C#N)c1=O.